The molecule has 0 amide bonds. The van der Waals surface area contributed by atoms with Crippen molar-refractivity contribution >= 4 is 0 Å². The molecule has 2 aromatic rings. The Bertz CT molecular complexity index is 630. The Hall–Kier alpha value is -2.28. The number of nitriles is 1. The largest absolute Gasteiger partial charge is 0.245 e. The highest BCUT2D eigenvalue weighted by Gasteiger charge is 2.15. The first-order valence-corrected chi connectivity index (χ1v) is 7.07. The van der Waals surface area contributed by atoms with Crippen molar-refractivity contribution in [1.82, 2.24) is 15.0 Å². The van der Waals surface area contributed by atoms with E-state index in [1.54, 1.807) is 12.3 Å². The highest BCUT2D eigenvalue weighted by Crippen LogP contribution is 2.22. The average molecular weight is 280 g/mol. The molecule has 0 aromatic carbocycles. The molecule has 2 heterocycles. The van der Waals surface area contributed by atoms with Gasteiger partial charge in [0.2, 0.25) is 0 Å². The van der Waals surface area contributed by atoms with Gasteiger partial charge >= 0.3 is 0 Å². The highest BCUT2D eigenvalue weighted by atomic mass is 14.9. The van der Waals surface area contributed by atoms with Gasteiger partial charge < -0.3 is 0 Å². The van der Waals surface area contributed by atoms with Gasteiger partial charge in [-0.15, -0.1) is 0 Å². The summed E-state index contributed by atoms with van der Waals surface area (Å²) in [5.41, 5.74) is 2.74. The van der Waals surface area contributed by atoms with Crippen LogP contribution in [-0.2, 0) is 11.8 Å². The van der Waals surface area contributed by atoms with Crippen LogP contribution in [0.25, 0.3) is 0 Å². The second-order valence-corrected chi connectivity index (χ2v) is 6.33. The van der Waals surface area contributed by atoms with Crippen LogP contribution in [0.4, 0.5) is 0 Å². The maximum atomic E-state index is 8.76. The first-order valence-electron chi connectivity index (χ1n) is 7.07. The molecule has 2 rings (SSSR count). The van der Waals surface area contributed by atoms with Gasteiger partial charge in [0, 0.05) is 25.0 Å². The average Bonchev–Trinajstić information content (AvgIpc) is 2.47. The topological polar surface area (TPSA) is 62.5 Å². The molecule has 0 N–H and O–H groups in total. The van der Waals surface area contributed by atoms with E-state index in [0.717, 1.165) is 23.4 Å². The van der Waals surface area contributed by atoms with E-state index in [0.29, 0.717) is 5.69 Å². The third kappa shape index (κ3) is 3.85. The van der Waals surface area contributed by atoms with Crippen LogP contribution in [0.1, 0.15) is 56.3 Å². The van der Waals surface area contributed by atoms with Crippen LogP contribution in [0.2, 0.25) is 0 Å². The number of aromatic nitrogens is 3. The second-order valence-electron chi connectivity index (χ2n) is 6.33. The van der Waals surface area contributed by atoms with Crippen molar-refractivity contribution in [2.45, 2.75) is 45.4 Å². The zero-order chi connectivity index (χ0) is 15.5. The molecule has 108 valence electrons. The van der Waals surface area contributed by atoms with Gasteiger partial charge in [0.05, 0.1) is 0 Å². The SMILES string of the molecule is C[C@@H](Cc1ncc(C(C)(C)C)cn1)c1ccc(C#N)nc1. The van der Waals surface area contributed by atoms with Crippen LogP contribution in [0, 0.1) is 11.3 Å². The molecule has 0 saturated carbocycles. The molecule has 21 heavy (non-hydrogen) atoms. The fourth-order valence-electron chi connectivity index (χ4n) is 2.00. The Morgan fingerprint density at radius 3 is 2.24 bits per heavy atom. The molecular formula is C17H20N4. The van der Waals surface area contributed by atoms with Crippen molar-refractivity contribution < 1.29 is 0 Å². The minimum atomic E-state index is 0.0706. The Labute approximate surface area is 125 Å². The number of rotatable bonds is 3. The molecule has 0 unspecified atom stereocenters. The summed E-state index contributed by atoms with van der Waals surface area (Å²) in [7, 11) is 0. The fourth-order valence-corrected chi connectivity index (χ4v) is 2.00. The van der Waals surface area contributed by atoms with Crippen molar-refractivity contribution in [3.8, 4) is 6.07 Å². The Morgan fingerprint density at radius 1 is 1.10 bits per heavy atom. The Kier molecular flexibility index (Phi) is 4.32. The molecule has 0 bridgehead atoms. The minimum absolute atomic E-state index is 0.0706. The standard InChI is InChI=1S/C17H20N4/c1-12(13-5-6-15(8-18)19-9-13)7-16-20-10-14(11-21-16)17(2,3)4/h5-6,9-12H,7H2,1-4H3/t12-/m0/s1. The van der Waals surface area contributed by atoms with Gasteiger partial charge in [-0.1, -0.05) is 33.8 Å². The lowest BCUT2D eigenvalue weighted by atomic mass is 9.89. The van der Waals surface area contributed by atoms with Gasteiger partial charge in [0.15, 0.2) is 0 Å². The lowest BCUT2D eigenvalue weighted by molar-refractivity contribution is 0.580. The van der Waals surface area contributed by atoms with E-state index in [-0.39, 0.29) is 11.3 Å². The zero-order valence-corrected chi connectivity index (χ0v) is 13.0. The fraction of sp³-hybridized carbons (Fsp3) is 0.412. The summed E-state index contributed by atoms with van der Waals surface area (Å²) < 4.78 is 0. The van der Waals surface area contributed by atoms with Gasteiger partial charge in [-0.25, -0.2) is 15.0 Å². The van der Waals surface area contributed by atoms with E-state index in [9.17, 15) is 0 Å². The number of hydrogen-bond donors (Lipinski definition) is 0. The maximum absolute atomic E-state index is 8.76. The number of pyridine rings is 1. The van der Waals surface area contributed by atoms with E-state index in [4.69, 9.17) is 5.26 Å². The monoisotopic (exact) mass is 280 g/mol. The van der Waals surface area contributed by atoms with Crippen LogP contribution < -0.4 is 0 Å². The normalized spacial score (nSPS) is 12.7. The zero-order valence-electron chi connectivity index (χ0n) is 13.0. The van der Waals surface area contributed by atoms with Gasteiger partial charge in [-0.05, 0) is 28.5 Å². The maximum Gasteiger partial charge on any atom is 0.140 e. The summed E-state index contributed by atoms with van der Waals surface area (Å²) in [6.07, 6.45) is 6.34. The van der Waals surface area contributed by atoms with Crippen LogP contribution in [0.15, 0.2) is 30.7 Å². The van der Waals surface area contributed by atoms with Gasteiger partial charge in [0.25, 0.3) is 0 Å². The van der Waals surface area contributed by atoms with Gasteiger partial charge in [0.1, 0.15) is 17.6 Å². The predicted molar refractivity (Wildman–Crippen MR) is 81.8 cm³/mol. The molecule has 0 aliphatic carbocycles. The van der Waals surface area contributed by atoms with Crippen LogP contribution in [0.3, 0.4) is 0 Å². The molecule has 0 saturated heterocycles. The predicted octanol–water partition coefficient (Wildman–Crippen LogP) is 3.39. The Morgan fingerprint density at radius 2 is 1.76 bits per heavy atom. The molecule has 2 aromatic heterocycles. The molecular weight excluding hydrogens is 260 g/mol. The first kappa shape index (κ1) is 15.1. The third-order valence-corrected chi connectivity index (χ3v) is 3.53. The van der Waals surface area contributed by atoms with Crippen molar-refractivity contribution in [2.75, 3.05) is 0 Å². The molecule has 0 spiro atoms. The van der Waals surface area contributed by atoms with E-state index in [2.05, 4.69) is 42.6 Å². The molecule has 4 heteroatoms. The van der Waals surface area contributed by atoms with Gasteiger partial charge in [-0.3, -0.25) is 0 Å². The van der Waals surface area contributed by atoms with Crippen molar-refractivity contribution in [3.05, 3.63) is 53.4 Å². The molecule has 0 radical (unpaired) electrons. The number of hydrogen-bond acceptors (Lipinski definition) is 4. The summed E-state index contributed by atoms with van der Waals surface area (Å²) in [5.74, 6) is 1.10. The summed E-state index contributed by atoms with van der Waals surface area (Å²) in [5, 5.41) is 8.76. The highest BCUT2D eigenvalue weighted by molar-refractivity contribution is 5.25. The molecule has 0 fully saturated rings. The summed E-state index contributed by atoms with van der Waals surface area (Å²) in [4.78, 5) is 13.0. The van der Waals surface area contributed by atoms with E-state index in [1.807, 2.05) is 24.5 Å². The van der Waals surface area contributed by atoms with Crippen molar-refractivity contribution in [3.63, 3.8) is 0 Å². The van der Waals surface area contributed by atoms with Gasteiger partial charge in [-0.2, -0.15) is 5.26 Å². The molecule has 0 aliphatic rings. The lowest BCUT2D eigenvalue weighted by Crippen LogP contribution is -2.13. The summed E-state index contributed by atoms with van der Waals surface area (Å²) in [6, 6.07) is 5.72. The quantitative estimate of drug-likeness (QED) is 0.864. The molecule has 1 atom stereocenters. The summed E-state index contributed by atoms with van der Waals surface area (Å²) in [6.45, 7) is 8.56. The van der Waals surface area contributed by atoms with E-state index >= 15 is 0 Å². The Balaban J connectivity index is 2.08. The first-order chi connectivity index (χ1) is 9.90. The minimum Gasteiger partial charge on any atom is -0.245 e. The number of nitrogens with zero attached hydrogens (tertiary/aromatic N) is 4. The third-order valence-electron chi connectivity index (χ3n) is 3.53. The van der Waals surface area contributed by atoms with E-state index in [1.165, 1.54) is 0 Å². The van der Waals surface area contributed by atoms with Crippen molar-refractivity contribution in [1.29, 1.82) is 5.26 Å². The van der Waals surface area contributed by atoms with Crippen LogP contribution in [0.5, 0.6) is 0 Å². The smallest absolute Gasteiger partial charge is 0.140 e. The molecule has 0 aliphatic heterocycles. The lowest BCUT2D eigenvalue weighted by Gasteiger charge is -2.18. The van der Waals surface area contributed by atoms with Crippen molar-refractivity contribution in [2.24, 2.45) is 0 Å². The van der Waals surface area contributed by atoms with Crippen LogP contribution >= 0.6 is 0 Å². The van der Waals surface area contributed by atoms with E-state index < -0.39 is 0 Å². The summed E-state index contributed by atoms with van der Waals surface area (Å²) >= 11 is 0. The van der Waals surface area contributed by atoms with Crippen LogP contribution in [-0.4, -0.2) is 15.0 Å². The molecule has 4 nitrogen and oxygen atoms in total. The second kappa shape index (κ2) is 6.01.